The van der Waals surface area contributed by atoms with E-state index in [2.05, 4.69) is 0 Å². The zero-order chi connectivity index (χ0) is 14.5. The standard InChI is InChI=1S/C16H17ClFNS/c1-2-11(19)10-12-13(17)6-5-9-15(12)20-16-8-4-3-7-14(16)18/h3-9,11H,2,10,19H2,1H3. The molecule has 4 heteroatoms. The fraction of sp³-hybridized carbons (Fsp3) is 0.250. The van der Waals surface area contributed by atoms with Gasteiger partial charge in [-0.25, -0.2) is 4.39 Å². The minimum Gasteiger partial charge on any atom is -0.327 e. The lowest BCUT2D eigenvalue weighted by atomic mass is 10.0. The van der Waals surface area contributed by atoms with Gasteiger partial charge < -0.3 is 5.73 Å². The van der Waals surface area contributed by atoms with Crippen LogP contribution in [0.5, 0.6) is 0 Å². The van der Waals surface area contributed by atoms with E-state index < -0.39 is 0 Å². The van der Waals surface area contributed by atoms with E-state index in [0.717, 1.165) is 16.9 Å². The van der Waals surface area contributed by atoms with E-state index in [1.165, 1.54) is 17.8 Å². The Morgan fingerprint density at radius 1 is 1.15 bits per heavy atom. The number of hydrogen-bond acceptors (Lipinski definition) is 2. The van der Waals surface area contributed by atoms with Gasteiger partial charge in [0, 0.05) is 20.9 Å². The van der Waals surface area contributed by atoms with Gasteiger partial charge in [0.25, 0.3) is 0 Å². The fourth-order valence-electron chi connectivity index (χ4n) is 1.89. The van der Waals surface area contributed by atoms with Gasteiger partial charge in [0.2, 0.25) is 0 Å². The third kappa shape index (κ3) is 3.75. The van der Waals surface area contributed by atoms with E-state index >= 15 is 0 Å². The Bertz CT molecular complexity index is 588. The average Bonchev–Trinajstić information content (AvgIpc) is 2.44. The molecule has 0 bridgehead atoms. The molecule has 1 atom stereocenters. The van der Waals surface area contributed by atoms with Crippen molar-refractivity contribution in [2.45, 2.75) is 35.6 Å². The van der Waals surface area contributed by atoms with E-state index in [9.17, 15) is 4.39 Å². The van der Waals surface area contributed by atoms with Crippen molar-refractivity contribution in [3.05, 3.63) is 58.9 Å². The van der Waals surface area contributed by atoms with Gasteiger partial charge in [-0.05, 0) is 42.7 Å². The maximum Gasteiger partial charge on any atom is 0.137 e. The molecule has 0 radical (unpaired) electrons. The van der Waals surface area contributed by atoms with Crippen molar-refractivity contribution in [3.63, 3.8) is 0 Å². The molecule has 0 aromatic heterocycles. The van der Waals surface area contributed by atoms with Gasteiger partial charge in [0.1, 0.15) is 5.82 Å². The molecule has 1 nitrogen and oxygen atoms in total. The average molecular weight is 310 g/mol. The zero-order valence-corrected chi connectivity index (χ0v) is 12.8. The highest BCUT2D eigenvalue weighted by Gasteiger charge is 2.13. The first-order valence-corrected chi connectivity index (χ1v) is 7.76. The van der Waals surface area contributed by atoms with E-state index in [1.807, 2.05) is 31.2 Å². The van der Waals surface area contributed by atoms with Crippen LogP contribution in [0.4, 0.5) is 4.39 Å². The molecule has 106 valence electrons. The Morgan fingerprint density at radius 3 is 2.55 bits per heavy atom. The highest BCUT2D eigenvalue weighted by Crippen LogP contribution is 2.35. The van der Waals surface area contributed by atoms with Gasteiger partial charge in [-0.3, -0.25) is 0 Å². The predicted molar refractivity (Wildman–Crippen MR) is 83.9 cm³/mol. The summed E-state index contributed by atoms with van der Waals surface area (Å²) in [5.41, 5.74) is 7.02. The molecule has 20 heavy (non-hydrogen) atoms. The quantitative estimate of drug-likeness (QED) is 0.849. The van der Waals surface area contributed by atoms with Crippen molar-refractivity contribution in [1.82, 2.24) is 0 Å². The normalized spacial score (nSPS) is 12.4. The highest BCUT2D eigenvalue weighted by atomic mass is 35.5. The number of halogens is 2. The van der Waals surface area contributed by atoms with Crippen molar-refractivity contribution in [1.29, 1.82) is 0 Å². The second-order valence-electron chi connectivity index (χ2n) is 4.62. The fourth-order valence-corrected chi connectivity index (χ4v) is 3.20. The van der Waals surface area contributed by atoms with E-state index in [0.29, 0.717) is 16.3 Å². The molecule has 0 fully saturated rings. The van der Waals surface area contributed by atoms with E-state index in [1.54, 1.807) is 12.1 Å². The molecule has 2 rings (SSSR count). The first-order valence-electron chi connectivity index (χ1n) is 6.57. The third-order valence-electron chi connectivity index (χ3n) is 3.12. The second kappa shape index (κ2) is 7.11. The summed E-state index contributed by atoms with van der Waals surface area (Å²) >= 11 is 7.67. The van der Waals surface area contributed by atoms with Crippen molar-refractivity contribution < 1.29 is 4.39 Å². The summed E-state index contributed by atoms with van der Waals surface area (Å²) in [6, 6.07) is 12.5. The predicted octanol–water partition coefficient (Wildman–Crippen LogP) is 4.91. The van der Waals surface area contributed by atoms with Gasteiger partial charge >= 0.3 is 0 Å². The van der Waals surface area contributed by atoms with Gasteiger partial charge in [0.05, 0.1) is 0 Å². The van der Waals surface area contributed by atoms with Crippen molar-refractivity contribution in [3.8, 4) is 0 Å². The minimum atomic E-state index is -0.219. The van der Waals surface area contributed by atoms with Crippen molar-refractivity contribution in [2.24, 2.45) is 5.73 Å². The molecule has 0 heterocycles. The number of rotatable bonds is 5. The van der Waals surface area contributed by atoms with Gasteiger partial charge in [0.15, 0.2) is 0 Å². The first kappa shape index (κ1) is 15.4. The lowest BCUT2D eigenvalue weighted by Crippen LogP contribution is -2.21. The van der Waals surface area contributed by atoms with Crippen molar-refractivity contribution in [2.75, 3.05) is 0 Å². The van der Waals surface area contributed by atoms with Gasteiger partial charge in [-0.1, -0.05) is 48.5 Å². The van der Waals surface area contributed by atoms with Crippen LogP contribution in [0.1, 0.15) is 18.9 Å². The number of benzene rings is 2. The van der Waals surface area contributed by atoms with Crippen LogP contribution in [0.3, 0.4) is 0 Å². The summed E-state index contributed by atoms with van der Waals surface area (Å²) in [6.07, 6.45) is 1.59. The summed E-state index contributed by atoms with van der Waals surface area (Å²) in [4.78, 5) is 1.56. The van der Waals surface area contributed by atoms with Crippen LogP contribution in [0.2, 0.25) is 5.02 Å². The lowest BCUT2D eigenvalue weighted by Gasteiger charge is -2.15. The number of hydrogen-bond donors (Lipinski definition) is 1. The molecule has 0 aliphatic rings. The van der Waals surface area contributed by atoms with Crippen molar-refractivity contribution >= 4 is 23.4 Å². The molecular formula is C16H17ClFNS. The van der Waals surface area contributed by atoms with E-state index in [-0.39, 0.29) is 11.9 Å². The maximum absolute atomic E-state index is 13.8. The minimum absolute atomic E-state index is 0.0647. The molecule has 1 unspecified atom stereocenters. The molecule has 2 N–H and O–H groups in total. The topological polar surface area (TPSA) is 26.0 Å². The Morgan fingerprint density at radius 2 is 1.85 bits per heavy atom. The maximum atomic E-state index is 13.8. The largest absolute Gasteiger partial charge is 0.327 e. The highest BCUT2D eigenvalue weighted by molar-refractivity contribution is 7.99. The van der Waals surface area contributed by atoms with Crippen LogP contribution in [-0.2, 0) is 6.42 Å². The van der Waals surface area contributed by atoms with Crippen LogP contribution < -0.4 is 5.73 Å². The Labute approximate surface area is 128 Å². The van der Waals surface area contributed by atoms with Gasteiger partial charge in [-0.15, -0.1) is 0 Å². The molecular weight excluding hydrogens is 293 g/mol. The molecule has 2 aromatic rings. The van der Waals surface area contributed by atoms with Crippen LogP contribution in [0.25, 0.3) is 0 Å². The Hall–Kier alpha value is -1.03. The molecule has 2 aromatic carbocycles. The SMILES string of the molecule is CCC(N)Cc1c(Cl)cccc1Sc1ccccc1F. The Balaban J connectivity index is 2.32. The van der Waals surface area contributed by atoms with E-state index in [4.69, 9.17) is 17.3 Å². The summed E-state index contributed by atoms with van der Waals surface area (Å²) in [6.45, 7) is 2.05. The third-order valence-corrected chi connectivity index (χ3v) is 4.63. The van der Waals surface area contributed by atoms with Crippen LogP contribution in [0.15, 0.2) is 52.3 Å². The van der Waals surface area contributed by atoms with Crippen LogP contribution >= 0.6 is 23.4 Å². The lowest BCUT2D eigenvalue weighted by molar-refractivity contribution is 0.602. The monoisotopic (exact) mass is 309 g/mol. The molecule has 0 aliphatic carbocycles. The first-order chi connectivity index (χ1) is 9.61. The van der Waals surface area contributed by atoms with Crippen LogP contribution in [-0.4, -0.2) is 6.04 Å². The smallest absolute Gasteiger partial charge is 0.137 e. The summed E-state index contributed by atoms with van der Waals surface area (Å²) in [7, 11) is 0. The summed E-state index contributed by atoms with van der Waals surface area (Å²) < 4.78 is 13.8. The zero-order valence-electron chi connectivity index (χ0n) is 11.3. The molecule has 0 spiro atoms. The molecule has 0 aliphatic heterocycles. The number of nitrogens with two attached hydrogens (primary N) is 1. The Kier molecular flexibility index (Phi) is 5.46. The second-order valence-corrected chi connectivity index (χ2v) is 6.11. The molecule has 0 saturated heterocycles. The van der Waals surface area contributed by atoms with Gasteiger partial charge in [-0.2, -0.15) is 0 Å². The van der Waals surface area contributed by atoms with Crippen LogP contribution in [0, 0.1) is 5.82 Å². The summed E-state index contributed by atoms with van der Waals surface area (Å²) in [5, 5.41) is 0.690. The summed E-state index contributed by atoms with van der Waals surface area (Å²) in [5.74, 6) is -0.219. The molecule has 0 amide bonds. The molecule has 0 saturated carbocycles.